The van der Waals surface area contributed by atoms with Crippen molar-refractivity contribution in [3.05, 3.63) is 76.9 Å². The molecule has 0 saturated heterocycles. The van der Waals surface area contributed by atoms with Crippen LogP contribution in [0.25, 0.3) is 11.1 Å². The summed E-state index contributed by atoms with van der Waals surface area (Å²) in [6.07, 6.45) is 1.02. The summed E-state index contributed by atoms with van der Waals surface area (Å²) in [6.45, 7) is 7.11. The lowest BCUT2D eigenvalue weighted by molar-refractivity contribution is -0.143. The fourth-order valence-corrected chi connectivity index (χ4v) is 4.34. The molecule has 0 aliphatic heterocycles. The average Bonchev–Trinajstić information content (AvgIpc) is 2.81. The van der Waals surface area contributed by atoms with Crippen molar-refractivity contribution in [2.24, 2.45) is 0 Å². The first kappa shape index (κ1) is 25.7. The third-order valence-corrected chi connectivity index (χ3v) is 6.03. The standard InChI is InChI=1S/C28H33O5P/c1-5-31-27(29)12-10-22-9-11-24(16-26(22)34)32-17-21-7-6-8-23(15-21)28-19(2)13-25(14-20(28)3)33-18-30-4/h6-9,11,13-16H,5,10,12,17-18,34H2,1-4H3. The topological polar surface area (TPSA) is 54.0 Å². The van der Waals surface area contributed by atoms with Gasteiger partial charge in [-0.1, -0.05) is 24.3 Å². The van der Waals surface area contributed by atoms with Crippen LogP contribution in [0.15, 0.2) is 54.6 Å². The van der Waals surface area contributed by atoms with E-state index in [2.05, 4.69) is 47.4 Å². The minimum absolute atomic E-state index is 0.172. The Balaban J connectivity index is 1.67. The highest BCUT2D eigenvalue weighted by Crippen LogP contribution is 2.31. The van der Waals surface area contributed by atoms with E-state index < -0.39 is 0 Å². The quantitative estimate of drug-likeness (QED) is 0.205. The minimum atomic E-state index is -0.172. The summed E-state index contributed by atoms with van der Waals surface area (Å²) in [4.78, 5) is 11.6. The number of hydrogen-bond donors (Lipinski definition) is 0. The van der Waals surface area contributed by atoms with E-state index in [0.29, 0.717) is 26.1 Å². The van der Waals surface area contributed by atoms with Crippen LogP contribution in [0.3, 0.4) is 0 Å². The predicted molar refractivity (Wildman–Crippen MR) is 139 cm³/mol. The molecule has 0 aliphatic rings. The van der Waals surface area contributed by atoms with E-state index in [1.807, 2.05) is 37.3 Å². The summed E-state index contributed by atoms with van der Waals surface area (Å²) in [5.41, 5.74) is 6.83. The fourth-order valence-electron chi connectivity index (χ4n) is 3.93. The molecule has 3 aromatic rings. The lowest BCUT2D eigenvalue weighted by Gasteiger charge is -2.15. The normalized spacial score (nSPS) is 10.7. The van der Waals surface area contributed by atoms with Crippen LogP contribution in [-0.2, 0) is 27.3 Å². The second-order valence-corrected chi connectivity index (χ2v) is 8.76. The number of carbonyl (C=O) groups is 1. The van der Waals surface area contributed by atoms with Crippen molar-refractivity contribution in [2.45, 2.75) is 40.2 Å². The molecular formula is C28H33O5P. The maximum atomic E-state index is 11.6. The molecule has 0 bridgehead atoms. The van der Waals surface area contributed by atoms with E-state index in [0.717, 1.165) is 44.6 Å². The molecule has 34 heavy (non-hydrogen) atoms. The number of esters is 1. The first-order valence-corrected chi connectivity index (χ1v) is 12.0. The van der Waals surface area contributed by atoms with Crippen molar-refractivity contribution in [2.75, 3.05) is 20.5 Å². The van der Waals surface area contributed by atoms with Gasteiger partial charge in [-0.05, 0) is 96.2 Å². The zero-order chi connectivity index (χ0) is 24.5. The van der Waals surface area contributed by atoms with Gasteiger partial charge < -0.3 is 18.9 Å². The summed E-state index contributed by atoms with van der Waals surface area (Å²) in [5.74, 6) is 1.43. The molecule has 0 aliphatic carbocycles. The van der Waals surface area contributed by atoms with Crippen LogP contribution in [0.2, 0.25) is 0 Å². The fraction of sp³-hybridized carbons (Fsp3) is 0.321. The Bertz CT molecular complexity index is 1100. The van der Waals surface area contributed by atoms with E-state index in [4.69, 9.17) is 18.9 Å². The van der Waals surface area contributed by atoms with Crippen LogP contribution in [0.5, 0.6) is 11.5 Å². The lowest BCUT2D eigenvalue weighted by Crippen LogP contribution is -2.09. The van der Waals surface area contributed by atoms with Gasteiger partial charge in [-0.3, -0.25) is 4.79 Å². The van der Waals surface area contributed by atoms with Crippen LogP contribution in [-0.4, -0.2) is 26.5 Å². The van der Waals surface area contributed by atoms with Gasteiger partial charge in [0.15, 0.2) is 6.79 Å². The van der Waals surface area contributed by atoms with Gasteiger partial charge in [0.05, 0.1) is 6.61 Å². The van der Waals surface area contributed by atoms with Crippen molar-refractivity contribution in [3.63, 3.8) is 0 Å². The maximum Gasteiger partial charge on any atom is 0.306 e. The Labute approximate surface area is 204 Å². The summed E-state index contributed by atoms with van der Waals surface area (Å²) in [7, 11) is 4.34. The molecule has 0 amide bonds. The molecule has 180 valence electrons. The smallest absolute Gasteiger partial charge is 0.306 e. The van der Waals surface area contributed by atoms with Crippen LogP contribution in [0.4, 0.5) is 0 Å². The van der Waals surface area contributed by atoms with Crippen LogP contribution in [0.1, 0.15) is 35.6 Å². The van der Waals surface area contributed by atoms with Crippen molar-refractivity contribution < 1.29 is 23.7 Å². The van der Waals surface area contributed by atoms with Gasteiger partial charge in [0.25, 0.3) is 0 Å². The number of carbonyl (C=O) groups excluding carboxylic acids is 1. The molecule has 3 aromatic carbocycles. The summed E-state index contributed by atoms with van der Waals surface area (Å²) in [5, 5.41) is 1.03. The minimum Gasteiger partial charge on any atom is -0.489 e. The molecule has 5 nitrogen and oxygen atoms in total. The van der Waals surface area contributed by atoms with E-state index in [-0.39, 0.29) is 12.8 Å². The van der Waals surface area contributed by atoms with Gasteiger partial charge in [0, 0.05) is 13.5 Å². The number of methoxy groups -OCH3 is 1. The second kappa shape index (κ2) is 12.5. The van der Waals surface area contributed by atoms with E-state index in [1.54, 1.807) is 7.11 Å². The zero-order valence-corrected chi connectivity index (χ0v) is 21.5. The molecule has 0 heterocycles. The Kier molecular flexibility index (Phi) is 9.50. The van der Waals surface area contributed by atoms with Gasteiger partial charge in [0.2, 0.25) is 0 Å². The number of aryl methyl sites for hydroxylation is 3. The number of hydrogen-bond acceptors (Lipinski definition) is 5. The SMILES string of the molecule is CCOC(=O)CCc1ccc(OCc2cccc(-c3c(C)cc(OCOC)cc3C)c2)cc1P. The molecule has 1 unspecified atom stereocenters. The highest BCUT2D eigenvalue weighted by molar-refractivity contribution is 7.27. The summed E-state index contributed by atoms with van der Waals surface area (Å²) in [6, 6.07) is 18.4. The van der Waals surface area contributed by atoms with Gasteiger partial charge in [-0.2, -0.15) is 0 Å². The summed E-state index contributed by atoms with van der Waals surface area (Å²) < 4.78 is 21.7. The number of rotatable bonds is 11. The Morgan fingerprint density at radius 3 is 2.38 bits per heavy atom. The van der Waals surface area contributed by atoms with Gasteiger partial charge in [0.1, 0.15) is 18.1 Å². The van der Waals surface area contributed by atoms with Crippen molar-refractivity contribution >= 4 is 20.5 Å². The summed E-state index contributed by atoms with van der Waals surface area (Å²) >= 11 is 0. The molecule has 1 atom stereocenters. The lowest BCUT2D eigenvalue weighted by atomic mass is 9.94. The monoisotopic (exact) mass is 480 g/mol. The highest BCUT2D eigenvalue weighted by Gasteiger charge is 2.10. The van der Waals surface area contributed by atoms with E-state index in [9.17, 15) is 4.79 Å². The molecule has 0 N–H and O–H groups in total. The van der Waals surface area contributed by atoms with Gasteiger partial charge in [-0.15, -0.1) is 9.24 Å². The molecule has 0 fully saturated rings. The Morgan fingerprint density at radius 2 is 1.71 bits per heavy atom. The number of ether oxygens (including phenoxy) is 4. The van der Waals surface area contributed by atoms with Gasteiger partial charge >= 0.3 is 5.97 Å². The third kappa shape index (κ3) is 7.06. The van der Waals surface area contributed by atoms with E-state index >= 15 is 0 Å². The van der Waals surface area contributed by atoms with Crippen LogP contribution in [0, 0.1) is 13.8 Å². The number of benzene rings is 3. The molecule has 0 saturated carbocycles. The highest BCUT2D eigenvalue weighted by atomic mass is 31.0. The molecule has 0 radical (unpaired) electrons. The first-order valence-electron chi connectivity index (χ1n) is 11.4. The largest absolute Gasteiger partial charge is 0.489 e. The van der Waals surface area contributed by atoms with Crippen molar-refractivity contribution in [3.8, 4) is 22.6 Å². The van der Waals surface area contributed by atoms with Crippen LogP contribution < -0.4 is 14.8 Å². The van der Waals surface area contributed by atoms with E-state index in [1.165, 1.54) is 5.56 Å². The average molecular weight is 481 g/mol. The molecule has 0 aromatic heterocycles. The zero-order valence-electron chi connectivity index (χ0n) is 20.4. The van der Waals surface area contributed by atoms with Crippen molar-refractivity contribution in [1.29, 1.82) is 0 Å². The second-order valence-electron chi connectivity index (χ2n) is 8.14. The third-order valence-electron chi connectivity index (χ3n) is 5.49. The van der Waals surface area contributed by atoms with Crippen molar-refractivity contribution in [1.82, 2.24) is 0 Å². The Hall–Kier alpha value is -2.88. The molecule has 6 heteroatoms. The molecular weight excluding hydrogens is 447 g/mol. The first-order chi connectivity index (χ1) is 16.4. The molecule has 3 rings (SSSR count). The predicted octanol–water partition coefficient (Wildman–Crippen LogP) is 5.53. The Morgan fingerprint density at radius 1 is 0.941 bits per heavy atom. The van der Waals surface area contributed by atoms with Gasteiger partial charge in [-0.25, -0.2) is 0 Å². The van der Waals surface area contributed by atoms with Crippen LogP contribution >= 0.6 is 9.24 Å². The maximum absolute atomic E-state index is 11.6. The molecule has 0 spiro atoms.